The van der Waals surface area contributed by atoms with Crippen LogP contribution in [0.2, 0.25) is 0 Å². The first-order chi connectivity index (χ1) is 8.76. The van der Waals surface area contributed by atoms with Gasteiger partial charge in [0.15, 0.2) is 0 Å². The van der Waals surface area contributed by atoms with Gasteiger partial charge in [0.25, 0.3) is 0 Å². The molecule has 0 saturated heterocycles. The van der Waals surface area contributed by atoms with Crippen LogP contribution in [0.1, 0.15) is 32.6 Å². The normalized spacial score (nSPS) is 11.2. The number of nitrogens with one attached hydrogen (secondary N) is 1. The highest BCUT2D eigenvalue weighted by Gasteiger charge is 2.20. The molecule has 0 aromatic carbocycles. The predicted molar refractivity (Wildman–Crippen MR) is 70.7 cm³/mol. The maximum atomic E-state index is 5.65. The summed E-state index contributed by atoms with van der Waals surface area (Å²) in [5.41, 5.74) is 0. The zero-order chi connectivity index (χ0) is 13.4. The fourth-order valence-corrected chi connectivity index (χ4v) is 1.94. The molecule has 104 valence electrons. The summed E-state index contributed by atoms with van der Waals surface area (Å²) >= 11 is 0. The Kier molecular flexibility index (Phi) is 6.67. The van der Waals surface area contributed by atoms with Gasteiger partial charge in [0.05, 0.1) is 13.2 Å². The molecule has 0 atom stereocenters. The van der Waals surface area contributed by atoms with Crippen molar-refractivity contribution in [3.05, 3.63) is 5.89 Å². The fraction of sp³-hybridized carbons (Fsp3) is 0.833. The van der Waals surface area contributed by atoms with Crippen LogP contribution in [-0.4, -0.2) is 43.5 Å². The van der Waals surface area contributed by atoms with E-state index < -0.39 is 0 Å². The van der Waals surface area contributed by atoms with Crippen LogP contribution in [0.5, 0.6) is 0 Å². The third-order valence-electron chi connectivity index (χ3n) is 2.95. The largest absolute Gasteiger partial charge is 0.407 e. The van der Waals surface area contributed by atoms with Crippen LogP contribution in [-0.2, 0) is 11.3 Å². The van der Waals surface area contributed by atoms with E-state index in [0.29, 0.717) is 31.1 Å². The van der Waals surface area contributed by atoms with E-state index in [1.807, 2.05) is 7.05 Å². The number of hydrogen-bond acceptors (Lipinski definition) is 6. The second-order valence-electron chi connectivity index (χ2n) is 4.17. The molecule has 0 spiro atoms. The van der Waals surface area contributed by atoms with Crippen molar-refractivity contribution in [2.75, 3.05) is 32.2 Å². The van der Waals surface area contributed by atoms with E-state index in [4.69, 9.17) is 9.15 Å². The van der Waals surface area contributed by atoms with Crippen molar-refractivity contribution in [3.63, 3.8) is 0 Å². The van der Waals surface area contributed by atoms with Gasteiger partial charge in [-0.25, -0.2) is 0 Å². The van der Waals surface area contributed by atoms with Gasteiger partial charge < -0.3 is 19.4 Å². The van der Waals surface area contributed by atoms with Crippen LogP contribution in [0.25, 0.3) is 0 Å². The summed E-state index contributed by atoms with van der Waals surface area (Å²) in [6.45, 7) is 6.34. The summed E-state index contributed by atoms with van der Waals surface area (Å²) in [7, 11) is 3.55. The molecular weight excluding hydrogens is 232 g/mol. The van der Waals surface area contributed by atoms with Crippen LogP contribution in [0, 0.1) is 0 Å². The summed E-state index contributed by atoms with van der Waals surface area (Å²) in [6.07, 6.45) is 2.09. The SMILES string of the molecule is CCC(CC)N(CCOC)c1nnc(CNC)o1. The molecule has 0 aliphatic rings. The minimum Gasteiger partial charge on any atom is -0.407 e. The summed E-state index contributed by atoms with van der Waals surface area (Å²) in [5, 5.41) is 11.1. The van der Waals surface area contributed by atoms with E-state index in [-0.39, 0.29) is 0 Å². The van der Waals surface area contributed by atoms with Gasteiger partial charge in [-0.1, -0.05) is 18.9 Å². The molecule has 6 heteroatoms. The molecule has 0 bridgehead atoms. The van der Waals surface area contributed by atoms with E-state index in [9.17, 15) is 0 Å². The lowest BCUT2D eigenvalue weighted by molar-refractivity contribution is 0.200. The highest BCUT2D eigenvalue weighted by molar-refractivity contribution is 5.26. The van der Waals surface area contributed by atoms with Gasteiger partial charge in [0.1, 0.15) is 0 Å². The molecule has 18 heavy (non-hydrogen) atoms. The zero-order valence-corrected chi connectivity index (χ0v) is 11.8. The van der Waals surface area contributed by atoms with Crippen molar-refractivity contribution in [1.82, 2.24) is 15.5 Å². The molecule has 1 aromatic heterocycles. The number of nitrogens with zero attached hydrogens (tertiary/aromatic N) is 3. The summed E-state index contributed by atoms with van der Waals surface area (Å²) in [5.74, 6) is 0.612. The second-order valence-corrected chi connectivity index (χ2v) is 4.17. The number of hydrogen-bond donors (Lipinski definition) is 1. The van der Waals surface area contributed by atoms with Crippen molar-refractivity contribution in [2.45, 2.75) is 39.3 Å². The molecule has 0 saturated carbocycles. The topological polar surface area (TPSA) is 63.4 Å². The molecule has 0 aliphatic carbocycles. The van der Waals surface area contributed by atoms with E-state index in [2.05, 4.69) is 34.3 Å². The van der Waals surface area contributed by atoms with Gasteiger partial charge in [-0.3, -0.25) is 0 Å². The summed E-state index contributed by atoms with van der Waals surface area (Å²) in [4.78, 5) is 2.13. The van der Waals surface area contributed by atoms with Crippen molar-refractivity contribution < 1.29 is 9.15 Å². The average molecular weight is 256 g/mol. The van der Waals surface area contributed by atoms with Crippen molar-refractivity contribution in [3.8, 4) is 0 Å². The first kappa shape index (κ1) is 14.9. The number of aromatic nitrogens is 2. The van der Waals surface area contributed by atoms with Gasteiger partial charge in [-0.15, -0.1) is 5.10 Å². The van der Waals surface area contributed by atoms with E-state index in [1.165, 1.54) is 0 Å². The maximum Gasteiger partial charge on any atom is 0.318 e. The molecule has 1 aromatic rings. The van der Waals surface area contributed by atoms with E-state index >= 15 is 0 Å². The zero-order valence-electron chi connectivity index (χ0n) is 11.8. The van der Waals surface area contributed by atoms with Crippen LogP contribution >= 0.6 is 0 Å². The summed E-state index contributed by atoms with van der Waals surface area (Å²) < 4.78 is 10.8. The molecular formula is C12H24N4O2. The Balaban J connectivity index is 2.78. The highest BCUT2D eigenvalue weighted by Crippen LogP contribution is 2.18. The molecule has 6 nitrogen and oxygen atoms in total. The Hall–Kier alpha value is -1.14. The third-order valence-corrected chi connectivity index (χ3v) is 2.95. The quantitative estimate of drug-likeness (QED) is 0.721. The monoisotopic (exact) mass is 256 g/mol. The van der Waals surface area contributed by atoms with Crippen LogP contribution < -0.4 is 10.2 Å². The average Bonchev–Trinajstić information content (AvgIpc) is 2.83. The molecule has 1 rings (SSSR count). The number of anilines is 1. The fourth-order valence-electron chi connectivity index (χ4n) is 1.94. The minimum absolute atomic E-state index is 0.406. The lowest BCUT2D eigenvalue weighted by Crippen LogP contribution is -2.37. The Morgan fingerprint density at radius 2 is 2.06 bits per heavy atom. The molecule has 1 heterocycles. The van der Waals surface area contributed by atoms with Gasteiger partial charge in [0.2, 0.25) is 5.89 Å². The summed E-state index contributed by atoms with van der Waals surface area (Å²) in [6, 6.07) is 0.994. The van der Waals surface area contributed by atoms with Gasteiger partial charge in [-0.2, -0.15) is 0 Å². The van der Waals surface area contributed by atoms with Crippen LogP contribution in [0.4, 0.5) is 6.01 Å². The first-order valence-electron chi connectivity index (χ1n) is 6.49. The first-order valence-corrected chi connectivity index (χ1v) is 6.49. The Labute approximate surface area is 109 Å². The van der Waals surface area contributed by atoms with E-state index in [0.717, 1.165) is 19.4 Å². The smallest absolute Gasteiger partial charge is 0.318 e. The number of methoxy groups -OCH3 is 1. The van der Waals surface area contributed by atoms with Crippen molar-refractivity contribution in [1.29, 1.82) is 0 Å². The van der Waals surface area contributed by atoms with Gasteiger partial charge in [-0.05, 0) is 19.9 Å². The Morgan fingerprint density at radius 1 is 1.33 bits per heavy atom. The van der Waals surface area contributed by atoms with Gasteiger partial charge in [0, 0.05) is 19.7 Å². The molecule has 0 amide bonds. The molecule has 0 radical (unpaired) electrons. The van der Waals surface area contributed by atoms with Gasteiger partial charge >= 0.3 is 6.01 Å². The molecule has 0 aliphatic heterocycles. The highest BCUT2D eigenvalue weighted by atomic mass is 16.5. The van der Waals surface area contributed by atoms with Crippen molar-refractivity contribution in [2.24, 2.45) is 0 Å². The molecule has 0 fully saturated rings. The predicted octanol–water partition coefficient (Wildman–Crippen LogP) is 1.43. The third kappa shape index (κ3) is 3.96. The lowest BCUT2D eigenvalue weighted by Gasteiger charge is -2.28. The Bertz CT molecular complexity index is 326. The van der Waals surface area contributed by atoms with Crippen LogP contribution in [0.15, 0.2) is 4.42 Å². The van der Waals surface area contributed by atoms with Crippen molar-refractivity contribution >= 4 is 6.01 Å². The lowest BCUT2D eigenvalue weighted by atomic mass is 10.1. The Morgan fingerprint density at radius 3 is 2.61 bits per heavy atom. The standard InChI is InChI=1S/C12H24N4O2/c1-5-10(6-2)16(7-8-17-4)12-15-14-11(18-12)9-13-3/h10,13H,5-9H2,1-4H3. The van der Waals surface area contributed by atoms with E-state index in [1.54, 1.807) is 7.11 Å². The number of ether oxygens (including phenoxy) is 1. The maximum absolute atomic E-state index is 5.65. The molecule has 0 unspecified atom stereocenters. The van der Waals surface area contributed by atoms with Crippen LogP contribution in [0.3, 0.4) is 0 Å². The minimum atomic E-state index is 0.406. The second kappa shape index (κ2) is 8.05. The molecule has 1 N–H and O–H groups in total. The number of rotatable bonds is 9.